The SMILES string of the molecule is COC1CCC(C(=O)N2CC[C@@]3(C)c4ccc(C(C)=O)cc4CC2C3(C)C)CC1. The summed E-state index contributed by atoms with van der Waals surface area (Å²) in [5.74, 6) is 0.577. The number of carbonyl (C=O) groups excluding carboxylic acids is 2. The summed E-state index contributed by atoms with van der Waals surface area (Å²) in [5.41, 5.74) is 3.42. The van der Waals surface area contributed by atoms with Gasteiger partial charge in [0.1, 0.15) is 0 Å². The number of ether oxygens (including phenoxy) is 1. The summed E-state index contributed by atoms with van der Waals surface area (Å²) in [6, 6.07) is 6.42. The molecule has 1 amide bonds. The molecule has 3 aliphatic rings. The Kier molecular flexibility index (Phi) is 5.13. The fourth-order valence-corrected chi connectivity index (χ4v) is 6.20. The maximum atomic E-state index is 13.6. The van der Waals surface area contributed by atoms with Crippen molar-refractivity contribution >= 4 is 11.7 Å². The minimum atomic E-state index is -0.00458. The number of carbonyl (C=O) groups is 2. The predicted octanol–water partition coefficient (Wildman–Crippen LogP) is 4.54. The van der Waals surface area contributed by atoms with E-state index in [1.54, 1.807) is 14.0 Å². The van der Waals surface area contributed by atoms with Gasteiger partial charge in [0.05, 0.1) is 6.10 Å². The number of hydrogen-bond acceptors (Lipinski definition) is 3. The van der Waals surface area contributed by atoms with Crippen LogP contribution in [0.2, 0.25) is 0 Å². The van der Waals surface area contributed by atoms with Crippen molar-refractivity contribution in [1.82, 2.24) is 4.90 Å². The average Bonchev–Trinajstić information content (AvgIpc) is 2.70. The van der Waals surface area contributed by atoms with E-state index in [0.29, 0.717) is 12.0 Å². The van der Waals surface area contributed by atoms with Crippen molar-refractivity contribution in [2.24, 2.45) is 11.3 Å². The number of Topliss-reactive ketones (excluding diaryl/α,β-unsaturated/α-hetero) is 1. The first-order valence-electron chi connectivity index (χ1n) is 11.2. The third-order valence-corrected chi connectivity index (χ3v) is 8.64. The summed E-state index contributed by atoms with van der Waals surface area (Å²) in [4.78, 5) is 27.7. The van der Waals surface area contributed by atoms with E-state index in [0.717, 1.165) is 50.6 Å². The molecule has 0 aromatic heterocycles. The number of amides is 1. The smallest absolute Gasteiger partial charge is 0.225 e. The van der Waals surface area contributed by atoms with E-state index in [1.165, 1.54) is 11.1 Å². The molecule has 1 aliphatic heterocycles. The van der Waals surface area contributed by atoms with Crippen molar-refractivity contribution in [2.75, 3.05) is 13.7 Å². The van der Waals surface area contributed by atoms with Gasteiger partial charge in [-0.1, -0.05) is 32.9 Å². The lowest BCUT2D eigenvalue weighted by atomic mass is 9.51. The van der Waals surface area contributed by atoms with Crippen molar-refractivity contribution < 1.29 is 14.3 Å². The number of nitrogens with zero attached hydrogens (tertiary/aromatic N) is 1. The number of methoxy groups -OCH3 is 1. The largest absolute Gasteiger partial charge is 0.381 e. The minimum absolute atomic E-state index is 0.00458. The van der Waals surface area contributed by atoms with Crippen LogP contribution in [0.1, 0.15) is 81.3 Å². The van der Waals surface area contributed by atoms with Gasteiger partial charge in [-0.3, -0.25) is 9.59 Å². The van der Waals surface area contributed by atoms with E-state index in [-0.39, 0.29) is 28.6 Å². The maximum Gasteiger partial charge on any atom is 0.225 e. The molecule has 2 aliphatic carbocycles. The lowest BCUT2D eigenvalue weighted by Crippen LogP contribution is -2.65. The van der Waals surface area contributed by atoms with Gasteiger partial charge in [0.25, 0.3) is 0 Å². The summed E-state index contributed by atoms with van der Waals surface area (Å²) >= 11 is 0. The van der Waals surface area contributed by atoms with Gasteiger partial charge in [0.2, 0.25) is 5.91 Å². The number of likely N-dealkylation sites (tertiary alicyclic amines) is 1. The van der Waals surface area contributed by atoms with Crippen LogP contribution < -0.4 is 0 Å². The van der Waals surface area contributed by atoms with Crippen molar-refractivity contribution in [3.05, 3.63) is 34.9 Å². The predicted molar refractivity (Wildman–Crippen MR) is 114 cm³/mol. The monoisotopic (exact) mass is 397 g/mol. The Labute approximate surface area is 175 Å². The molecular weight excluding hydrogens is 362 g/mol. The molecular formula is C25H35NO3. The highest BCUT2D eigenvalue weighted by molar-refractivity contribution is 5.94. The second kappa shape index (κ2) is 7.23. The second-order valence-electron chi connectivity index (χ2n) is 10.2. The summed E-state index contributed by atoms with van der Waals surface area (Å²) in [6.07, 6.45) is 5.97. The Balaban J connectivity index is 1.64. The highest BCUT2D eigenvalue weighted by Gasteiger charge is 2.57. The molecule has 1 saturated heterocycles. The van der Waals surface area contributed by atoms with Crippen LogP contribution in [0.25, 0.3) is 0 Å². The lowest BCUT2D eigenvalue weighted by Gasteiger charge is -2.61. The Morgan fingerprint density at radius 2 is 1.79 bits per heavy atom. The Hall–Kier alpha value is -1.68. The van der Waals surface area contributed by atoms with Gasteiger partial charge in [-0.05, 0) is 68.1 Å². The lowest BCUT2D eigenvalue weighted by molar-refractivity contribution is -0.150. The first-order chi connectivity index (χ1) is 13.7. The van der Waals surface area contributed by atoms with Gasteiger partial charge in [0.15, 0.2) is 5.78 Å². The molecule has 29 heavy (non-hydrogen) atoms. The molecule has 1 heterocycles. The molecule has 4 heteroatoms. The summed E-state index contributed by atoms with van der Waals surface area (Å²) in [5, 5.41) is 0. The van der Waals surface area contributed by atoms with Crippen LogP contribution in [-0.2, 0) is 21.4 Å². The fourth-order valence-electron chi connectivity index (χ4n) is 6.20. The van der Waals surface area contributed by atoms with E-state index < -0.39 is 0 Å². The molecule has 0 radical (unpaired) electrons. The molecule has 1 saturated carbocycles. The van der Waals surface area contributed by atoms with Crippen molar-refractivity contribution in [2.45, 2.75) is 83.8 Å². The van der Waals surface area contributed by atoms with Crippen LogP contribution in [0.5, 0.6) is 0 Å². The quantitative estimate of drug-likeness (QED) is 0.704. The van der Waals surface area contributed by atoms with Crippen molar-refractivity contribution in [1.29, 1.82) is 0 Å². The molecule has 2 fully saturated rings. The van der Waals surface area contributed by atoms with E-state index in [2.05, 4.69) is 37.8 Å². The summed E-state index contributed by atoms with van der Waals surface area (Å²) in [7, 11) is 1.77. The van der Waals surface area contributed by atoms with Gasteiger partial charge < -0.3 is 9.64 Å². The normalized spacial score (nSPS) is 33.1. The molecule has 2 bridgehead atoms. The van der Waals surface area contributed by atoms with Gasteiger partial charge >= 0.3 is 0 Å². The molecule has 1 unspecified atom stereocenters. The van der Waals surface area contributed by atoms with E-state index >= 15 is 0 Å². The van der Waals surface area contributed by atoms with Crippen LogP contribution in [0.4, 0.5) is 0 Å². The van der Waals surface area contributed by atoms with Crippen molar-refractivity contribution in [3.63, 3.8) is 0 Å². The van der Waals surface area contributed by atoms with Crippen molar-refractivity contribution in [3.8, 4) is 0 Å². The summed E-state index contributed by atoms with van der Waals surface area (Å²) < 4.78 is 5.49. The first-order valence-corrected chi connectivity index (χ1v) is 11.2. The van der Waals surface area contributed by atoms with Crippen LogP contribution in [0.3, 0.4) is 0 Å². The molecule has 4 rings (SSSR count). The Morgan fingerprint density at radius 1 is 1.10 bits per heavy atom. The molecule has 0 N–H and O–H groups in total. The van der Waals surface area contributed by atoms with Gasteiger partial charge in [-0.15, -0.1) is 0 Å². The number of benzene rings is 1. The Bertz CT molecular complexity index is 821. The van der Waals surface area contributed by atoms with E-state index in [9.17, 15) is 9.59 Å². The average molecular weight is 398 g/mol. The number of hydrogen-bond donors (Lipinski definition) is 0. The third kappa shape index (κ3) is 3.15. The van der Waals surface area contributed by atoms with E-state index in [4.69, 9.17) is 4.74 Å². The third-order valence-electron chi connectivity index (χ3n) is 8.64. The molecule has 158 valence electrons. The van der Waals surface area contributed by atoms with Gasteiger partial charge in [0, 0.05) is 36.6 Å². The highest BCUT2D eigenvalue weighted by atomic mass is 16.5. The number of fused-ring (bicyclic) bond motifs is 4. The first kappa shape index (κ1) is 20.6. The molecule has 4 nitrogen and oxygen atoms in total. The topological polar surface area (TPSA) is 46.6 Å². The van der Waals surface area contributed by atoms with Crippen LogP contribution in [-0.4, -0.2) is 42.4 Å². The standard InChI is InChI=1S/C25H35NO3/c1-16(27)18-8-11-21-19(14-18)15-22-24(2,3)25(21,4)12-13-26(22)23(28)17-6-9-20(29-5)10-7-17/h8,11,14,17,20,22H,6-7,9-10,12-13,15H2,1-5H3/t17?,20?,22?,25-/m0/s1. The van der Waals surface area contributed by atoms with Gasteiger partial charge in [-0.2, -0.15) is 0 Å². The van der Waals surface area contributed by atoms with Gasteiger partial charge in [-0.25, -0.2) is 0 Å². The summed E-state index contributed by atoms with van der Waals surface area (Å²) in [6.45, 7) is 9.49. The van der Waals surface area contributed by atoms with Crippen LogP contribution in [0, 0.1) is 11.3 Å². The van der Waals surface area contributed by atoms with Crippen LogP contribution >= 0.6 is 0 Å². The molecule has 2 atom stereocenters. The number of piperidine rings is 1. The highest BCUT2D eigenvalue weighted by Crippen LogP contribution is 2.56. The Morgan fingerprint density at radius 3 is 2.41 bits per heavy atom. The molecule has 1 aromatic carbocycles. The number of rotatable bonds is 3. The number of ketones is 1. The zero-order chi connectivity index (χ0) is 21.0. The van der Waals surface area contributed by atoms with Crippen LogP contribution in [0.15, 0.2) is 18.2 Å². The fraction of sp³-hybridized carbons (Fsp3) is 0.680. The van der Waals surface area contributed by atoms with E-state index in [1.807, 2.05) is 6.07 Å². The zero-order valence-corrected chi connectivity index (χ0v) is 18.6. The molecule has 1 aromatic rings. The zero-order valence-electron chi connectivity index (χ0n) is 18.6. The maximum absolute atomic E-state index is 13.6. The second-order valence-corrected chi connectivity index (χ2v) is 10.2. The minimum Gasteiger partial charge on any atom is -0.381 e. The molecule has 0 spiro atoms.